The number of hydrogen-bond donors (Lipinski definition) is 2. The first-order chi connectivity index (χ1) is 17.4. The molecule has 1 aliphatic rings. The van der Waals surface area contributed by atoms with Crippen LogP contribution in [0.2, 0.25) is 0 Å². The number of pyridine rings is 2. The number of nitrogens with one attached hydrogen (secondary N) is 1. The van der Waals surface area contributed by atoms with Gasteiger partial charge in [-0.2, -0.15) is 0 Å². The zero-order chi connectivity index (χ0) is 25.7. The lowest BCUT2D eigenvalue weighted by Crippen LogP contribution is -2.40. The molecule has 0 atom stereocenters. The number of halogens is 1. The van der Waals surface area contributed by atoms with E-state index < -0.39 is 22.8 Å². The quantitative estimate of drug-likeness (QED) is 0.439. The molecule has 0 bridgehead atoms. The number of carbonyl (C=O) groups is 2. The first-order valence-corrected chi connectivity index (χ1v) is 11.9. The first kappa shape index (κ1) is 25.3. The van der Waals surface area contributed by atoms with E-state index in [2.05, 4.69) is 10.3 Å². The molecule has 36 heavy (non-hydrogen) atoms. The number of rotatable bonds is 9. The van der Waals surface area contributed by atoms with Crippen molar-refractivity contribution < 1.29 is 23.8 Å². The molecule has 1 aliphatic heterocycles. The van der Waals surface area contributed by atoms with Gasteiger partial charge < -0.3 is 24.6 Å². The number of ether oxygens (including phenoxy) is 1. The molecule has 1 saturated heterocycles. The number of hydrogen-bond acceptors (Lipinski definition) is 6. The fourth-order valence-electron chi connectivity index (χ4n) is 4.38. The van der Waals surface area contributed by atoms with Crippen molar-refractivity contribution in [3.8, 4) is 5.75 Å². The van der Waals surface area contributed by atoms with Crippen LogP contribution in [0.5, 0.6) is 5.75 Å². The Labute approximate surface area is 207 Å². The molecule has 2 aromatic heterocycles. The Morgan fingerprint density at radius 2 is 1.94 bits per heavy atom. The van der Waals surface area contributed by atoms with Crippen molar-refractivity contribution in [2.24, 2.45) is 0 Å². The monoisotopic (exact) mass is 496 g/mol. The third-order valence-electron chi connectivity index (χ3n) is 6.29. The molecular weight excluding hydrogens is 467 g/mol. The molecule has 9 nitrogen and oxygen atoms in total. The maximum absolute atomic E-state index is 13.5. The lowest BCUT2D eigenvalue weighted by molar-refractivity contribution is -0.133. The van der Waals surface area contributed by atoms with Crippen molar-refractivity contribution >= 4 is 22.8 Å². The molecule has 0 aliphatic carbocycles. The number of likely N-dealkylation sites (tertiary alicyclic amines) is 1. The van der Waals surface area contributed by atoms with Crippen LogP contribution in [0.4, 0.5) is 4.39 Å². The molecule has 0 spiro atoms. The molecule has 3 heterocycles. The predicted octanol–water partition coefficient (Wildman–Crippen LogP) is 2.22. The second kappa shape index (κ2) is 11.3. The predicted molar refractivity (Wildman–Crippen MR) is 132 cm³/mol. The van der Waals surface area contributed by atoms with Crippen LogP contribution in [0, 0.1) is 5.82 Å². The lowest BCUT2D eigenvalue weighted by atomic mass is 10.1. The number of methoxy groups -OCH3 is 1. The van der Waals surface area contributed by atoms with Crippen molar-refractivity contribution in [3.63, 3.8) is 0 Å². The summed E-state index contributed by atoms with van der Waals surface area (Å²) in [6, 6.07) is 7.81. The Morgan fingerprint density at radius 3 is 2.67 bits per heavy atom. The van der Waals surface area contributed by atoms with Crippen molar-refractivity contribution in [3.05, 3.63) is 69.4 Å². The summed E-state index contributed by atoms with van der Waals surface area (Å²) < 4.78 is 19.6. The van der Waals surface area contributed by atoms with E-state index in [1.165, 1.54) is 23.8 Å². The lowest BCUT2D eigenvalue weighted by Gasteiger charge is -2.27. The summed E-state index contributed by atoms with van der Waals surface area (Å²) in [4.78, 5) is 44.7. The highest BCUT2D eigenvalue weighted by Crippen LogP contribution is 2.26. The summed E-state index contributed by atoms with van der Waals surface area (Å²) in [5, 5.41) is 13.5. The van der Waals surface area contributed by atoms with Crippen molar-refractivity contribution in [1.82, 2.24) is 19.8 Å². The van der Waals surface area contributed by atoms with E-state index >= 15 is 0 Å². The van der Waals surface area contributed by atoms with Gasteiger partial charge >= 0.3 is 0 Å². The molecule has 4 rings (SSSR count). The van der Waals surface area contributed by atoms with E-state index in [1.54, 1.807) is 29.3 Å². The summed E-state index contributed by atoms with van der Waals surface area (Å²) in [7, 11) is 1.49. The SMILES string of the molecule is COCCNC(=O)c1c(O)c2ncc(Cc3ccc(F)cc3)cc2n(CCN2CCCCC2=O)c1=O. The molecule has 0 radical (unpaired) electrons. The zero-order valence-electron chi connectivity index (χ0n) is 20.1. The van der Waals surface area contributed by atoms with Gasteiger partial charge in [-0.25, -0.2) is 4.39 Å². The number of piperidine rings is 1. The number of nitrogens with zero attached hydrogens (tertiary/aromatic N) is 3. The van der Waals surface area contributed by atoms with Crippen LogP contribution in [0.25, 0.3) is 11.0 Å². The number of fused-ring (bicyclic) bond motifs is 1. The molecule has 2 N–H and O–H groups in total. The van der Waals surface area contributed by atoms with Crippen LogP contribution in [0.15, 0.2) is 41.3 Å². The third kappa shape index (κ3) is 5.54. The van der Waals surface area contributed by atoms with Crippen LogP contribution in [0.3, 0.4) is 0 Å². The molecule has 1 fully saturated rings. The van der Waals surface area contributed by atoms with E-state index in [0.29, 0.717) is 31.4 Å². The van der Waals surface area contributed by atoms with Gasteiger partial charge in [-0.1, -0.05) is 12.1 Å². The zero-order valence-corrected chi connectivity index (χ0v) is 20.1. The van der Waals surface area contributed by atoms with Gasteiger partial charge in [0.25, 0.3) is 11.5 Å². The number of amides is 2. The molecular formula is C26H29FN4O5. The Hall–Kier alpha value is -3.79. The van der Waals surface area contributed by atoms with Crippen LogP contribution >= 0.6 is 0 Å². The Kier molecular flexibility index (Phi) is 7.94. The maximum Gasteiger partial charge on any atom is 0.267 e. The van der Waals surface area contributed by atoms with Gasteiger partial charge in [-0.05, 0) is 48.6 Å². The summed E-state index contributed by atoms with van der Waals surface area (Å²) in [6.07, 6.45) is 4.21. The molecule has 10 heteroatoms. The molecule has 3 aromatic rings. The average molecular weight is 497 g/mol. The standard InChI is InChI=1S/C26H29FN4O5/c1-36-13-9-28-25(34)22-24(33)23-20(15-18(16-29-23)14-17-5-7-19(27)8-6-17)31(26(22)35)12-11-30-10-3-2-4-21(30)32/h5-8,15-16,33H,2-4,9-14H2,1H3,(H,28,34). The van der Waals surface area contributed by atoms with Crippen LogP contribution in [-0.4, -0.2) is 64.7 Å². The normalized spacial score (nSPS) is 13.8. The fourth-order valence-corrected chi connectivity index (χ4v) is 4.38. The molecule has 1 aromatic carbocycles. The smallest absolute Gasteiger partial charge is 0.267 e. The highest BCUT2D eigenvalue weighted by Gasteiger charge is 2.24. The Balaban J connectivity index is 1.75. The van der Waals surface area contributed by atoms with Gasteiger partial charge in [0.1, 0.15) is 16.9 Å². The van der Waals surface area contributed by atoms with Gasteiger partial charge in [-0.15, -0.1) is 0 Å². The minimum Gasteiger partial charge on any atom is -0.505 e. The van der Waals surface area contributed by atoms with E-state index in [0.717, 1.165) is 24.0 Å². The topological polar surface area (TPSA) is 114 Å². The van der Waals surface area contributed by atoms with Crippen molar-refractivity contribution in [2.75, 3.05) is 33.4 Å². The second-order valence-electron chi connectivity index (χ2n) is 8.78. The maximum atomic E-state index is 13.5. The van der Waals surface area contributed by atoms with E-state index in [4.69, 9.17) is 4.74 Å². The average Bonchev–Trinajstić information content (AvgIpc) is 2.86. The fraction of sp³-hybridized carbons (Fsp3) is 0.385. The van der Waals surface area contributed by atoms with Gasteiger partial charge in [0.15, 0.2) is 5.75 Å². The van der Waals surface area contributed by atoms with Gasteiger partial charge in [-0.3, -0.25) is 19.4 Å². The second-order valence-corrected chi connectivity index (χ2v) is 8.78. The number of carbonyl (C=O) groups excluding carboxylic acids is 2. The van der Waals surface area contributed by atoms with E-state index in [9.17, 15) is 23.9 Å². The minimum atomic E-state index is -0.726. The molecule has 0 unspecified atom stereocenters. The van der Waals surface area contributed by atoms with Crippen molar-refractivity contribution in [1.29, 1.82) is 0 Å². The van der Waals surface area contributed by atoms with Crippen LogP contribution < -0.4 is 10.9 Å². The van der Waals surface area contributed by atoms with Crippen LogP contribution in [-0.2, 0) is 22.5 Å². The molecule has 0 saturated carbocycles. The van der Waals surface area contributed by atoms with Crippen molar-refractivity contribution in [2.45, 2.75) is 32.2 Å². The van der Waals surface area contributed by atoms with E-state index in [-0.39, 0.29) is 36.9 Å². The Bertz CT molecular complexity index is 1320. The number of aromatic nitrogens is 2. The third-order valence-corrected chi connectivity index (χ3v) is 6.29. The van der Waals surface area contributed by atoms with Crippen LogP contribution in [0.1, 0.15) is 40.7 Å². The number of benzene rings is 1. The summed E-state index contributed by atoms with van der Waals surface area (Å²) in [6.45, 7) is 1.46. The first-order valence-electron chi connectivity index (χ1n) is 11.9. The van der Waals surface area contributed by atoms with E-state index in [1.807, 2.05) is 0 Å². The number of aromatic hydroxyl groups is 1. The highest BCUT2D eigenvalue weighted by molar-refractivity contribution is 6.01. The van der Waals surface area contributed by atoms with Gasteiger partial charge in [0, 0.05) is 45.9 Å². The molecule has 190 valence electrons. The van der Waals surface area contributed by atoms with Gasteiger partial charge in [0.2, 0.25) is 5.91 Å². The summed E-state index contributed by atoms with van der Waals surface area (Å²) in [5.41, 5.74) is 0.994. The largest absolute Gasteiger partial charge is 0.505 e. The summed E-state index contributed by atoms with van der Waals surface area (Å²) >= 11 is 0. The minimum absolute atomic E-state index is 0.0324. The highest BCUT2D eigenvalue weighted by atomic mass is 19.1. The summed E-state index contributed by atoms with van der Waals surface area (Å²) in [5.74, 6) is -1.53. The molecule has 2 amide bonds. The Morgan fingerprint density at radius 1 is 1.17 bits per heavy atom. The van der Waals surface area contributed by atoms with Gasteiger partial charge in [0.05, 0.1) is 12.1 Å².